The summed E-state index contributed by atoms with van der Waals surface area (Å²) in [5.41, 5.74) is 0. The molecule has 78 valence electrons. The predicted molar refractivity (Wildman–Crippen MR) is 50.5 cm³/mol. The Kier molecular flexibility index (Phi) is 6.54. The molecule has 1 aliphatic rings. The number of hydrogen-bond acceptors (Lipinski definition) is 3. The van der Waals surface area contributed by atoms with E-state index in [1.807, 2.05) is 20.9 Å². The van der Waals surface area contributed by atoms with Gasteiger partial charge >= 0.3 is 5.97 Å². The summed E-state index contributed by atoms with van der Waals surface area (Å²) in [6.07, 6.45) is 1.64. The average Bonchev–Trinajstić information content (AvgIpc) is 2.86. The van der Waals surface area contributed by atoms with Gasteiger partial charge in [0.05, 0.1) is 6.61 Å². The predicted octanol–water partition coefficient (Wildman–Crippen LogP) is 1.07. The molecule has 0 aromatic rings. The zero-order valence-electron chi connectivity index (χ0n) is 8.54. The Morgan fingerprint density at radius 2 is 2.31 bits per heavy atom. The van der Waals surface area contributed by atoms with Gasteiger partial charge in [-0.05, 0) is 13.0 Å². The maximum absolute atomic E-state index is 9.97. The van der Waals surface area contributed by atoms with Crippen molar-refractivity contribution in [2.75, 3.05) is 13.7 Å². The van der Waals surface area contributed by atoms with Crippen molar-refractivity contribution < 1.29 is 14.6 Å². The molecule has 4 nitrogen and oxygen atoms in total. The molecule has 2 unspecified atom stereocenters. The lowest BCUT2D eigenvalue weighted by molar-refractivity contribution is -0.137. The SMILES string of the molecule is CCC(C)CC(=O)O.CNC1CO1. The van der Waals surface area contributed by atoms with Crippen LogP contribution >= 0.6 is 0 Å². The molecule has 0 bridgehead atoms. The van der Waals surface area contributed by atoms with Crippen molar-refractivity contribution in [2.24, 2.45) is 5.92 Å². The third-order valence-corrected chi connectivity index (χ3v) is 1.88. The van der Waals surface area contributed by atoms with Crippen LogP contribution in [0.15, 0.2) is 0 Å². The van der Waals surface area contributed by atoms with E-state index in [1.54, 1.807) is 0 Å². The van der Waals surface area contributed by atoms with Gasteiger partial charge in [0.1, 0.15) is 6.23 Å². The van der Waals surface area contributed by atoms with E-state index in [-0.39, 0.29) is 0 Å². The first-order chi connectivity index (χ1) is 6.10. The molecule has 0 saturated carbocycles. The number of hydrogen-bond donors (Lipinski definition) is 2. The third-order valence-electron chi connectivity index (χ3n) is 1.88. The van der Waals surface area contributed by atoms with Crippen molar-refractivity contribution in [3.63, 3.8) is 0 Å². The number of nitrogens with one attached hydrogen (secondary N) is 1. The maximum Gasteiger partial charge on any atom is 0.303 e. The van der Waals surface area contributed by atoms with Crippen LogP contribution in [0.2, 0.25) is 0 Å². The van der Waals surface area contributed by atoms with Crippen LogP contribution in [0.5, 0.6) is 0 Å². The summed E-state index contributed by atoms with van der Waals surface area (Å²) >= 11 is 0. The molecule has 0 radical (unpaired) electrons. The molecule has 1 fully saturated rings. The average molecular weight is 189 g/mol. The van der Waals surface area contributed by atoms with Crippen molar-refractivity contribution in [2.45, 2.75) is 32.9 Å². The van der Waals surface area contributed by atoms with Crippen LogP contribution in [0.25, 0.3) is 0 Å². The van der Waals surface area contributed by atoms with E-state index in [1.165, 1.54) is 0 Å². The number of rotatable bonds is 4. The Labute approximate surface area is 79.3 Å². The molecule has 1 saturated heterocycles. The van der Waals surface area contributed by atoms with E-state index in [2.05, 4.69) is 5.32 Å². The van der Waals surface area contributed by atoms with E-state index in [0.29, 0.717) is 18.6 Å². The highest BCUT2D eigenvalue weighted by molar-refractivity contribution is 5.66. The topological polar surface area (TPSA) is 61.9 Å². The molecule has 1 heterocycles. The maximum atomic E-state index is 9.97. The van der Waals surface area contributed by atoms with Gasteiger partial charge in [0, 0.05) is 6.42 Å². The normalized spacial score (nSPS) is 21.3. The Morgan fingerprint density at radius 1 is 1.77 bits per heavy atom. The second-order valence-corrected chi connectivity index (χ2v) is 3.22. The molecule has 2 atom stereocenters. The number of carboxylic acid groups (broad SMARTS) is 1. The molecule has 2 N–H and O–H groups in total. The summed E-state index contributed by atoms with van der Waals surface area (Å²) in [4.78, 5) is 9.97. The Morgan fingerprint density at radius 3 is 2.38 bits per heavy atom. The summed E-state index contributed by atoms with van der Waals surface area (Å²) in [5.74, 6) is -0.369. The standard InChI is InChI=1S/C6H12O2.C3H7NO/c1-3-5(2)4-6(7)8;1-4-3-2-5-3/h5H,3-4H2,1-2H3,(H,7,8);3-4H,2H2,1H3. The summed E-state index contributed by atoms with van der Waals surface area (Å²) in [6.45, 7) is 4.83. The molecule has 13 heavy (non-hydrogen) atoms. The minimum absolute atomic E-state index is 0.302. The lowest BCUT2D eigenvalue weighted by Gasteiger charge is -2.00. The van der Waals surface area contributed by atoms with Crippen LogP contribution in [-0.2, 0) is 9.53 Å². The van der Waals surface area contributed by atoms with Gasteiger partial charge in [0.25, 0.3) is 0 Å². The largest absolute Gasteiger partial charge is 0.481 e. The van der Waals surface area contributed by atoms with Crippen molar-refractivity contribution >= 4 is 5.97 Å². The molecular weight excluding hydrogens is 170 g/mol. The number of carbonyl (C=O) groups is 1. The number of likely N-dealkylation sites (N-methyl/N-ethyl adjacent to an activating group) is 1. The van der Waals surface area contributed by atoms with Gasteiger partial charge < -0.3 is 9.84 Å². The van der Waals surface area contributed by atoms with Gasteiger partial charge in [0.15, 0.2) is 0 Å². The Hall–Kier alpha value is -0.610. The highest BCUT2D eigenvalue weighted by atomic mass is 16.6. The minimum atomic E-state index is -0.695. The van der Waals surface area contributed by atoms with E-state index >= 15 is 0 Å². The van der Waals surface area contributed by atoms with E-state index in [0.717, 1.165) is 13.0 Å². The quantitative estimate of drug-likeness (QED) is 0.649. The number of aliphatic carboxylic acids is 1. The Bertz CT molecular complexity index is 146. The van der Waals surface area contributed by atoms with Gasteiger partial charge in [-0.15, -0.1) is 0 Å². The molecular formula is C9H19NO3. The van der Waals surface area contributed by atoms with Crippen molar-refractivity contribution in [3.05, 3.63) is 0 Å². The van der Waals surface area contributed by atoms with E-state index in [4.69, 9.17) is 9.84 Å². The van der Waals surface area contributed by atoms with Gasteiger partial charge in [-0.3, -0.25) is 10.1 Å². The molecule has 1 rings (SSSR count). The summed E-state index contributed by atoms with van der Waals surface area (Å²) in [7, 11) is 1.89. The van der Waals surface area contributed by atoms with Crippen molar-refractivity contribution in [1.82, 2.24) is 5.32 Å². The smallest absolute Gasteiger partial charge is 0.303 e. The van der Waals surface area contributed by atoms with Crippen molar-refractivity contribution in [1.29, 1.82) is 0 Å². The molecule has 0 amide bonds. The zero-order chi connectivity index (χ0) is 10.3. The van der Waals surface area contributed by atoms with Crippen LogP contribution in [0.3, 0.4) is 0 Å². The van der Waals surface area contributed by atoms with Gasteiger partial charge in [-0.2, -0.15) is 0 Å². The molecule has 0 aliphatic carbocycles. The van der Waals surface area contributed by atoms with Crippen LogP contribution < -0.4 is 5.32 Å². The van der Waals surface area contributed by atoms with E-state index < -0.39 is 5.97 Å². The van der Waals surface area contributed by atoms with Gasteiger partial charge in [-0.1, -0.05) is 20.3 Å². The lowest BCUT2D eigenvalue weighted by Crippen LogP contribution is -2.08. The fraction of sp³-hybridized carbons (Fsp3) is 0.889. The highest BCUT2D eigenvalue weighted by Crippen LogP contribution is 2.04. The number of carboxylic acids is 1. The summed E-state index contributed by atoms with van der Waals surface area (Å²) < 4.78 is 4.75. The third kappa shape index (κ3) is 9.30. The second-order valence-electron chi connectivity index (χ2n) is 3.22. The molecule has 1 aliphatic heterocycles. The van der Waals surface area contributed by atoms with Gasteiger partial charge in [-0.25, -0.2) is 0 Å². The van der Waals surface area contributed by atoms with Gasteiger partial charge in [0.2, 0.25) is 0 Å². The minimum Gasteiger partial charge on any atom is -0.481 e. The van der Waals surface area contributed by atoms with Crippen molar-refractivity contribution in [3.8, 4) is 0 Å². The Balaban J connectivity index is 0.000000243. The fourth-order valence-corrected chi connectivity index (χ4v) is 0.657. The first-order valence-corrected chi connectivity index (χ1v) is 4.60. The summed E-state index contributed by atoms with van der Waals surface area (Å²) in [6, 6.07) is 0. The second kappa shape index (κ2) is 6.86. The molecule has 0 aromatic carbocycles. The molecule has 4 heteroatoms. The summed E-state index contributed by atoms with van der Waals surface area (Å²) in [5, 5.41) is 11.1. The highest BCUT2D eigenvalue weighted by Gasteiger charge is 2.18. The van der Waals surface area contributed by atoms with Crippen LogP contribution in [-0.4, -0.2) is 31.0 Å². The fourth-order valence-electron chi connectivity index (χ4n) is 0.657. The van der Waals surface area contributed by atoms with Crippen LogP contribution in [0.1, 0.15) is 26.7 Å². The van der Waals surface area contributed by atoms with E-state index in [9.17, 15) is 4.79 Å². The number of epoxide rings is 1. The van der Waals surface area contributed by atoms with Crippen LogP contribution in [0, 0.1) is 5.92 Å². The lowest BCUT2D eigenvalue weighted by atomic mass is 10.1. The first kappa shape index (κ1) is 12.4. The number of ether oxygens (including phenoxy) is 1. The van der Waals surface area contributed by atoms with Crippen LogP contribution in [0.4, 0.5) is 0 Å². The molecule has 0 aromatic heterocycles. The monoisotopic (exact) mass is 189 g/mol. The zero-order valence-corrected chi connectivity index (χ0v) is 8.54. The first-order valence-electron chi connectivity index (χ1n) is 4.60. The molecule has 0 spiro atoms.